The Morgan fingerprint density at radius 2 is 1.66 bits per heavy atom. The maximum atomic E-state index is 12.7. The average molecular weight is 422 g/mol. The molecule has 3 fully saturated rings. The number of nitrogens with zero attached hydrogens (tertiary/aromatic N) is 2. The largest absolute Gasteiger partial charge is 0.497 e. The highest BCUT2D eigenvalue weighted by Gasteiger charge is 2.35. The number of ether oxygens (including phenoxy) is 1. The summed E-state index contributed by atoms with van der Waals surface area (Å²) in [6.45, 7) is 2.57. The molecule has 1 N–H and O–H groups in total. The van der Waals surface area contributed by atoms with E-state index in [9.17, 15) is 9.59 Å². The third-order valence-corrected chi connectivity index (χ3v) is 6.51. The van der Waals surface area contributed by atoms with Gasteiger partial charge in [0.15, 0.2) is 0 Å². The van der Waals surface area contributed by atoms with Crippen LogP contribution in [-0.2, 0) is 16.0 Å². The van der Waals surface area contributed by atoms with Crippen LogP contribution < -0.4 is 10.1 Å². The number of piperidine rings is 1. The summed E-state index contributed by atoms with van der Waals surface area (Å²) in [6.07, 6.45) is 5.87. The monoisotopic (exact) mass is 421 g/mol. The van der Waals surface area contributed by atoms with E-state index in [-0.39, 0.29) is 24.2 Å². The van der Waals surface area contributed by atoms with Gasteiger partial charge in [-0.25, -0.2) is 0 Å². The van der Waals surface area contributed by atoms with Crippen LogP contribution in [0.15, 0.2) is 24.3 Å². The topological polar surface area (TPSA) is 61.9 Å². The molecule has 2 amide bonds. The number of carbonyl (C=O) groups excluding carboxylic acids is 2. The van der Waals surface area contributed by atoms with Gasteiger partial charge < -0.3 is 19.9 Å². The number of methoxy groups -OCH3 is 1. The third-order valence-electron chi connectivity index (χ3n) is 6.51. The van der Waals surface area contributed by atoms with Gasteiger partial charge in [0.25, 0.3) is 0 Å². The summed E-state index contributed by atoms with van der Waals surface area (Å²) in [5.41, 5.74) is 0.961. The second kappa shape index (κ2) is 9.81. The van der Waals surface area contributed by atoms with Crippen molar-refractivity contribution in [1.29, 1.82) is 0 Å². The predicted octanol–water partition coefficient (Wildman–Crippen LogP) is 2.25. The van der Waals surface area contributed by atoms with Crippen molar-refractivity contribution in [2.24, 2.45) is 5.92 Å². The summed E-state index contributed by atoms with van der Waals surface area (Å²) >= 11 is 0. The Kier molecular flexibility index (Phi) is 7.41. The second-order valence-electron chi connectivity index (χ2n) is 8.47. The van der Waals surface area contributed by atoms with Gasteiger partial charge in [-0.1, -0.05) is 12.1 Å². The molecule has 29 heavy (non-hydrogen) atoms. The third kappa shape index (κ3) is 5.43. The van der Waals surface area contributed by atoms with E-state index in [4.69, 9.17) is 4.74 Å². The molecule has 3 aliphatic heterocycles. The molecule has 1 aromatic carbocycles. The Bertz CT molecular complexity index is 709. The van der Waals surface area contributed by atoms with Crippen molar-refractivity contribution in [2.75, 3.05) is 33.3 Å². The van der Waals surface area contributed by atoms with Crippen molar-refractivity contribution < 1.29 is 14.3 Å². The van der Waals surface area contributed by atoms with E-state index in [1.54, 1.807) is 7.11 Å². The van der Waals surface area contributed by atoms with Gasteiger partial charge in [0.2, 0.25) is 11.8 Å². The maximum absolute atomic E-state index is 12.7. The molecular formula is C22H32ClN3O3. The van der Waals surface area contributed by atoms with Crippen LogP contribution in [0.4, 0.5) is 0 Å². The highest BCUT2D eigenvalue weighted by Crippen LogP contribution is 2.33. The molecular weight excluding hydrogens is 390 g/mol. The van der Waals surface area contributed by atoms with E-state index in [0.717, 1.165) is 24.2 Å². The number of amides is 2. The molecule has 4 rings (SSSR count). The summed E-state index contributed by atoms with van der Waals surface area (Å²) in [5, 5.41) is 3.64. The van der Waals surface area contributed by atoms with Crippen molar-refractivity contribution in [2.45, 2.75) is 50.6 Å². The zero-order chi connectivity index (χ0) is 19.5. The molecule has 2 unspecified atom stereocenters. The molecule has 3 aliphatic rings. The number of piperazine rings is 1. The normalized spacial score (nSPS) is 26.0. The molecule has 0 radical (unpaired) electrons. The van der Waals surface area contributed by atoms with Crippen LogP contribution in [0.2, 0.25) is 0 Å². The molecule has 6 nitrogen and oxygen atoms in total. The van der Waals surface area contributed by atoms with Gasteiger partial charge in [0.1, 0.15) is 5.75 Å². The van der Waals surface area contributed by atoms with Gasteiger partial charge in [0.05, 0.1) is 13.5 Å². The summed E-state index contributed by atoms with van der Waals surface area (Å²) < 4.78 is 5.23. The van der Waals surface area contributed by atoms with Crippen molar-refractivity contribution >= 4 is 24.2 Å². The van der Waals surface area contributed by atoms with Crippen LogP contribution in [0.5, 0.6) is 5.75 Å². The minimum absolute atomic E-state index is 0. The number of carbonyl (C=O) groups is 2. The van der Waals surface area contributed by atoms with Gasteiger partial charge in [-0.05, 0) is 49.3 Å². The molecule has 0 spiro atoms. The number of hydrogen-bond donors (Lipinski definition) is 1. The van der Waals surface area contributed by atoms with Crippen molar-refractivity contribution in [3.63, 3.8) is 0 Å². The Balaban J connectivity index is 0.00000240. The van der Waals surface area contributed by atoms with Crippen molar-refractivity contribution in [3.8, 4) is 5.75 Å². The summed E-state index contributed by atoms with van der Waals surface area (Å²) in [6, 6.07) is 8.90. The lowest BCUT2D eigenvalue weighted by molar-refractivity contribution is -0.140. The number of benzene rings is 1. The fourth-order valence-corrected chi connectivity index (χ4v) is 4.99. The predicted molar refractivity (Wildman–Crippen MR) is 114 cm³/mol. The lowest BCUT2D eigenvalue weighted by Crippen LogP contribution is -2.51. The number of hydrogen-bond acceptors (Lipinski definition) is 4. The average Bonchev–Trinajstić information content (AvgIpc) is 3.06. The number of halogens is 1. The highest BCUT2D eigenvalue weighted by atomic mass is 35.5. The smallest absolute Gasteiger partial charge is 0.227 e. The highest BCUT2D eigenvalue weighted by molar-refractivity contribution is 5.85. The van der Waals surface area contributed by atoms with Crippen LogP contribution in [-0.4, -0.2) is 67.0 Å². The van der Waals surface area contributed by atoms with E-state index in [1.807, 2.05) is 34.1 Å². The molecule has 0 aromatic heterocycles. The number of rotatable bonds is 5. The first-order valence-corrected chi connectivity index (χ1v) is 10.5. The van der Waals surface area contributed by atoms with Crippen molar-refractivity contribution in [1.82, 2.24) is 15.1 Å². The zero-order valence-corrected chi connectivity index (χ0v) is 18.0. The van der Waals surface area contributed by atoms with E-state index in [2.05, 4.69) is 5.32 Å². The SMILES string of the molecule is COc1cccc(CC(=O)N2CCN(C(=O)CC3CC4CCC(C3)N4)CC2)c1.Cl. The van der Waals surface area contributed by atoms with Crippen LogP contribution in [0, 0.1) is 5.92 Å². The van der Waals surface area contributed by atoms with Gasteiger partial charge in [-0.2, -0.15) is 0 Å². The zero-order valence-electron chi connectivity index (χ0n) is 17.1. The standard InChI is InChI=1S/C22H31N3O3.ClH/c1-28-20-4-2-3-16(13-20)14-21(26)24-7-9-25(10-8-24)22(27)15-17-11-18-5-6-19(12-17)23-18;/h2-4,13,17-19,23H,5-12,14-15H2,1H3;1H. The van der Waals surface area contributed by atoms with E-state index in [1.165, 1.54) is 12.8 Å². The van der Waals surface area contributed by atoms with Gasteiger partial charge in [-0.15, -0.1) is 12.4 Å². The fourth-order valence-electron chi connectivity index (χ4n) is 4.99. The van der Waals surface area contributed by atoms with Crippen LogP contribution in [0.25, 0.3) is 0 Å². The molecule has 7 heteroatoms. The Morgan fingerprint density at radius 1 is 1.03 bits per heavy atom. The van der Waals surface area contributed by atoms with Gasteiger partial charge in [0, 0.05) is 44.7 Å². The number of nitrogens with one attached hydrogen (secondary N) is 1. The molecule has 160 valence electrons. The molecule has 3 heterocycles. The summed E-state index contributed by atoms with van der Waals surface area (Å²) in [7, 11) is 1.63. The number of fused-ring (bicyclic) bond motifs is 2. The first kappa shape index (κ1) is 21.9. The Labute approximate surface area is 179 Å². The quantitative estimate of drug-likeness (QED) is 0.792. The summed E-state index contributed by atoms with van der Waals surface area (Å²) in [5.74, 6) is 1.69. The van der Waals surface area contributed by atoms with Crippen LogP contribution in [0.3, 0.4) is 0 Å². The van der Waals surface area contributed by atoms with Gasteiger partial charge >= 0.3 is 0 Å². The molecule has 2 atom stereocenters. The minimum atomic E-state index is 0. The lowest BCUT2D eigenvalue weighted by Gasteiger charge is -2.36. The first-order chi connectivity index (χ1) is 13.6. The lowest BCUT2D eigenvalue weighted by atomic mass is 9.89. The van der Waals surface area contributed by atoms with E-state index < -0.39 is 0 Å². The Morgan fingerprint density at radius 3 is 2.28 bits per heavy atom. The molecule has 2 bridgehead atoms. The molecule has 0 saturated carbocycles. The van der Waals surface area contributed by atoms with Crippen LogP contribution in [0.1, 0.15) is 37.7 Å². The Hall–Kier alpha value is -1.79. The molecule has 3 saturated heterocycles. The van der Waals surface area contributed by atoms with E-state index in [0.29, 0.717) is 57.0 Å². The van der Waals surface area contributed by atoms with E-state index >= 15 is 0 Å². The van der Waals surface area contributed by atoms with Crippen molar-refractivity contribution in [3.05, 3.63) is 29.8 Å². The molecule has 0 aliphatic carbocycles. The maximum Gasteiger partial charge on any atom is 0.227 e. The second-order valence-corrected chi connectivity index (χ2v) is 8.47. The van der Waals surface area contributed by atoms with Crippen LogP contribution >= 0.6 is 12.4 Å². The fraction of sp³-hybridized carbons (Fsp3) is 0.636. The summed E-state index contributed by atoms with van der Waals surface area (Å²) in [4.78, 5) is 29.2. The van der Waals surface area contributed by atoms with Gasteiger partial charge in [-0.3, -0.25) is 9.59 Å². The first-order valence-electron chi connectivity index (χ1n) is 10.5. The minimum Gasteiger partial charge on any atom is -0.497 e. The molecule has 1 aromatic rings.